The zero-order chi connectivity index (χ0) is 21.5. The number of nitrogens with zero attached hydrogens (tertiary/aromatic N) is 7. The van der Waals surface area contributed by atoms with E-state index >= 15 is 0 Å². The molecule has 3 aromatic heterocycles. The van der Waals surface area contributed by atoms with Crippen LogP contribution in [0.3, 0.4) is 0 Å². The molecule has 0 saturated carbocycles. The van der Waals surface area contributed by atoms with Gasteiger partial charge in [0, 0.05) is 50.2 Å². The van der Waals surface area contributed by atoms with Gasteiger partial charge in [-0.3, -0.25) is 9.48 Å². The van der Waals surface area contributed by atoms with Crippen molar-refractivity contribution in [2.45, 2.75) is 59.0 Å². The maximum absolute atomic E-state index is 13.4. The Morgan fingerprint density at radius 2 is 2.10 bits per heavy atom. The van der Waals surface area contributed by atoms with Crippen molar-refractivity contribution in [2.75, 3.05) is 24.5 Å². The molecule has 0 aliphatic carbocycles. The third kappa shape index (κ3) is 3.58. The van der Waals surface area contributed by atoms with Crippen LogP contribution in [0.15, 0.2) is 24.5 Å². The fourth-order valence-corrected chi connectivity index (χ4v) is 5.03. The summed E-state index contributed by atoms with van der Waals surface area (Å²) in [7, 11) is 0. The van der Waals surface area contributed by atoms with Gasteiger partial charge < -0.3 is 9.80 Å². The average molecular weight is 422 g/mol. The van der Waals surface area contributed by atoms with Crippen LogP contribution in [-0.2, 0) is 6.54 Å². The van der Waals surface area contributed by atoms with Crippen molar-refractivity contribution in [3.8, 4) is 0 Å². The number of anilines is 1. The van der Waals surface area contributed by atoms with Gasteiger partial charge in [0.1, 0.15) is 11.5 Å². The number of aromatic nitrogens is 5. The summed E-state index contributed by atoms with van der Waals surface area (Å²) in [5.41, 5.74) is 3.57. The van der Waals surface area contributed by atoms with E-state index in [2.05, 4.69) is 36.1 Å². The van der Waals surface area contributed by atoms with Crippen LogP contribution >= 0.6 is 0 Å². The van der Waals surface area contributed by atoms with E-state index in [1.165, 1.54) is 6.42 Å². The Labute approximate surface area is 182 Å². The van der Waals surface area contributed by atoms with Crippen LogP contribution in [-0.4, -0.2) is 54.8 Å². The minimum atomic E-state index is -0.0290. The molecule has 2 fully saturated rings. The number of carbonyl (C=O) groups excluding carboxylic acids is 1. The van der Waals surface area contributed by atoms with Gasteiger partial charge >= 0.3 is 0 Å². The molecule has 2 aliphatic heterocycles. The van der Waals surface area contributed by atoms with Crippen molar-refractivity contribution in [2.24, 2.45) is 5.92 Å². The van der Waals surface area contributed by atoms with E-state index in [1.807, 2.05) is 22.4 Å². The lowest BCUT2D eigenvalue weighted by molar-refractivity contribution is 0.0593. The van der Waals surface area contributed by atoms with Gasteiger partial charge in [-0.2, -0.15) is 10.2 Å². The number of likely N-dealkylation sites (tertiary alicyclic amines) is 1. The SMILES string of the molecule is CCn1nccc1C(=O)N1CCCC[C@H]1c1cc2nc(N3CC[C@H](C)C3)c(C)cn2n1. The summed E-state index contributed by atoms with van der Waals surface area (Å²) in [5.74, 6) is 1.81. The molecule has 8 heteroatoms. The lowest BCUT2D eigenvalue weighted by atomic mass is 9.99. The zero-order valence-electron chi connectivity index (χ0n) is 18.7. The summed E-state index contributed by atoms with van der Waals surface area (Å²) in [5, 5.41) is 9.14. The molecule has 0 unspecified atom stereocenters. The molecule has 5 heterocycles. The van der Waals surface area contributed by atoms with E-state index < -0.39 is 0 Å². The smallest absolute Gasteiger partial charge is 0.272 e. The van der Waals surface area contributed by atoms with Crippen molar-refractivity contribution < 1.29 is 4.79 Å². The Bertz CT molecular complexity index is 1100. The molecule has 5 rings (SSSR count). The van der Waals surface area contributed by atoms with E-state index in [9.17, 15) is 4.79 Å². The quantitative estimate of drug-likeness (QED) is 0.645. The van der Waals surface area contributed by atoms with Crippen LogP contribution in [0, 0.1) is 12.8 Å². The molecule has 8 nitrogen and oxygen atoms in total. The minimum Gasteiger partial charge on any atom is -0.356 e. The van der Waals surface area contributed by atoms with Crippen molar-refractivity contribution in [1.82, 2.24) is 29.3 Å². The van der Waals surface area contributed by atoms with Crippen LogP contribution in [0.2, 0.25) is 0 Å². The Kier molecular flexibility index (Phi) is 5.16. The molecule has 0 radical (unpaired) electrons. The molecule has 0 bridgehead atoms. The predicted octanol–water partition coefficient (Wildman–Crippen LogP) is 3.47. The van der Waals surface area contributed by atoms with Crippen molar-refractivity contribution in [3.05, 3.63) is 41.5 Å². The Morgan fingerprint density at radius 1 is 1.23 bits per heavy atom. The lowest BCUT2D eigenvalue weighted by Gasteiger charge is -2.34. The number of amides is 1. The van der Waals surface area contributed by atoms with Gasteiger partial charge in [-0.1, -0.05) is 6.92 Å². The molecule has 3 aromatic rings. The van der Waals surface area contributed by atoms with Gasteiger partial charge in [0.05, 0.1) is 11.7 Å². The van der Waals surface area contributed by atoms with Gasteiger partial charge in [0.2, 0.25) is 0 Å². The first kappa shape index (κ1) is 20.0. The molecule has 1 amide bonds. The first-order valence-corrected chi connectivity index (χ1v) is 11.5. The topological polar surface area (TPSA) is 71.6 Å². The second-order valence-electron chi connectivity index (χ2n) is 9.00. The number of piperidine rings is 1. The first-order valence-electron chi connectivity index (χ1n) is 11.5. The van der Waals surface area contributed by atoms with Crippen LogP contribution in [0.1, 0.15) is 67.3 Å². The summed E-state index contributed by atoms with van der Waals surface area (Å²) in [4.78, 5) is 22.7. The van der Waals surface area contributed by atoms with Gasteiger partial charge in [-0.05, 0) is 51.5 Å². The van der Waals surface area contributed by atoms with E-state index in [0.717, 1.165) is 61.6 Å². The molecule has 31 heavy (non-hydrogen) atoms. The molecular weight excluding hydrogens is 390 g/mol. The standard InChI is InChI=1S/C23H31N7O/c1-4-29-20(8-10-24-29)23(31)28-11-6-5-7-19(28)18-13-21-25-22(17(3)15-30(21)26-18)27-12-9-16(2)14-27/h8,10,13,15-16,19H,4-7,9,11-12,14H2,1-3H3/t16-,19-/m0/s1. The largest absolute Gasteiger partial charge is 0.356 e. The Hall–Kier alpha value is -2.90. The van der Waals surface area contributed by atoms with Gasteiger partial charge in [-0.15, -0.1) is 0 Å². The molecule has 0 aromatic carbocycles. The van der Waals surface area contributed by atoms with Gasteiger partial charge in [0.15, 0.2) is 5.65 Å². The van der Waals surface area contributed by atoms with E-state index in [1.54, 1.807) is 10.9 Å². The minimum absolute atomic E-state index is 0.0290. The molecule has 0 N–H and O–H groups in total. The lowest BCUT2D eigenvalue weighted by Crippen LogP contribution is -2.39. The highest BCUT2D eigenvalue weighted by atomic mass is 16.2. The highest BCUT2D eigenvalue weighted by Gasteiger charge is 2.32. The van der Waals surface area contributed by atoms with Gasteiger partial charge in [0.25, 0.3) is 5.91 Å². The van der Waals surface area contributed by atoms with Crippen LogP contribution in [0.5, 0.6) is 0 Å². The van der Waals surface area contributed by atoms with E-state index in [0.29, 0.717) is 18.2 Å². The third-order valence-electron chi connectivity index (χ3n) is 6.69. The van der Waals surface area contributed by atoms with Crippen molar-refractivity contribution in [1.29, 1.82) is 0 Å². The second-order valence-corrected chi connectivity index (χ2v) is 9.00. The summed E-state index contributed by atoms with van der Waals surface area (Å²) in [6.07, 6.45) is 8.03. The molecular formula is C23H31N7O. The third-order valence-corrected chi connectivity index (χ3v) is 6.69. The molecule has 2 atom stereocenters. The molecule has 0 spiro atoms. The monoisotopic (exact) mass is 421 g/mol. The fourth-order valence-electron chi connectivity index (χ4n) is 5.03. The predicted molar refractivity (Wildman–Crippen MR) is 119 cm³/mol. The van der Waals surface area contributed by atoms with Crippen LogP contribution < -0.4 is 4.90 Å². The summed E-state index contributed by atoms with van der Waals surface area (Å²) >= 11 is 0. The number of rotatable bonds is 4. The maximum atomic E-state index is 13.4. The summed E-state index contributed by atoms with van der Waals surface area (Å²) in [6, 6.07) is 3.85. The molecule has 164 valence electrons. The first-order chi connectivity index (χ1) is 15.0. The summed E-state index contributed by atoms with van der Waals surface area (Å²) in [6.45, 7) is 9.95. The Morgan fingerprint density at radius 3 is 2.87 bits per heavy atom. The van der Waals surface area contributed by atoms with Gasteiger partial charge in [-0.25, -0.2) is 9.50 Å². The molecule has 2 aliphatic rings. The van der Waals surface area contributed by atoms with E-state index in [-0.39, 0.29) is 11.9 Å². The fraction of sp³-hybridized carbons (Fsp3) is 0.565. The highest BCUT2D eigenvalue weighted by Crippen LogP contribution is 2.33. The normalized spacial score (nSPS) is 21.9. The zero-order valence-corrected chi connectivity index (χ0v) is 18.7. The number of hydrogen-bond acceptors (Lipinski definition) is 5. The summed E-state index contributed by atoms with van der Waals surface area (Å²) < 4.78 is 3.65. The van der Waals surface area contributed by atoms with Crippen LogP contribution in [0.4, 0.5) is 5.82 Å². The number of aryl methyl sites for hydroxylation is 2. The number of hydrogen-bond donors (Lipinski definition) is 0. The number of fused-ring (bicyclic) bond motifs is 1. The average Bonchev–Trinajstić information content (AvgIpc) is 3.51. The van der Waals surface area contributed by atoms with Crippen LogP contribution in [0.25, 0.3) is 5.65 Å². The Balaban J connectivity index is 1.47. The van der Waals surface area contributed by atoms with Crippen molar-refractivity contribution >= 4 is 17.4 Å². The molecule has 2 saturated heterocycles. The highest BCUT2D eigenvalue weighted by molar-refractivity contribution is 5.93. The maximum Gasteiger partial charge on any atom is 0.272 e. The second kappa shape index (κ2) is 7.98. The van der Waals surface area contributed by atoms with E-state index in [4.69, 9.17) is 10.1 Å². The van der Waals surface area contributed by atoms with Crippen molar-refractivity contribution in [3.63, 3.8) is 0 Å². The number of carbonyl (C=O) groups is 1.